The number of nitrogens with one attached hydrogen (secondary N) is 1. The number of aliphatic hydroxyl groups excluding tert-OH is 1. The van der Waals surface area contributed by atoms with Crippen LogP contribution in [0.15, 0.2) is 18.2 Å². The largest absolute Gasteiger partial charge is 0.388 e. The minimum absolute atomic E-state index is 0.0752. The molecule has 1 saturated heterocycles. The maximum atomic E-state index is 13.0. The van der Waals surface area contributed by atoms with E-state index in [9.17, 15) is 15.0 Å². The van der Waals surface area contributed by atoms with Crippen molar-refractivity contribution in [3.05, 3.63) is 35.0 Å². The highest BCUT2D eigenvalue weighted by atomic mass is 16.3. The summed E-state index contributed by atoms with van der Waals surface area (Å²) in [5.74, 6) is -0.0752. The number of carbonyl (C=O) groups is 1. The Morgan fingerprint density at radius 1 is 1.33 bits per heavy atom. The summed E-state index contributed by atoms with van der Waals surface area (Å²) < 4.78 is 0. The molecule has 1 aromatic carbocycles. The number of carbonyl (C=O) groups excluding carboxylic acids is 1. The second-order valence-electron chi connectivity index (χ2n) is 7.39. The van der Waals surface area contributed by atoms with Crippen molar-refractivity contribution in [1.29, 1.82) is 0 Å². The molecule has 2 heterocycles. The van der Waals surface area contributed by atoms with Gasteiger partial charge in [-0.15, -0.1) is 0 Å². The molecule has 2 atom stereocenters. The monoisotopic (exact) mass is 328 g/mol. The Morgan fingerprint density at radius 2 is 2.12 bits per heavy atom. The molecular weight excluding hydrogens is 304 g/mol. The molecule has 2 aliphatic rings. The summed E-state index contributed by atoms with van der Waals surface area (Å²) in [6.45, 7) is 2.25. The Kier molecular flexibility index (Phi) is 3.66. The topological polar surface area (TPSA) is 76.6 Å². The highest BCUT2D eigenvalue weighted by Gasteiger charge is 2.38. The number of β-amino-alcohol motifs (C(OH)–C–C–N with tert-alkyl or cyclic N) is 1. The van der Waals surface area contributed by atoms with E-state index >= 15 is 0 Å². The first kappa shape index (κ1) is 15.7. The average Bonchev–Trinajstić information content (AvgIpc) is 2.95. The van der Waals surface area contributed by atoms with Gasteiger partial charge in [0.1, 0.15) is 0 Å². The van der Waals surface area contributed by atoms with Crippen LogP contribution in [-0.2, 0) is 12.8 Å². The van der Waals surface area contributed by atoms with Gasteiger partial charge < -0.3 is 20.1 Å². The highest BCUT2D eigenvalue weighted by molar-refractivity contribution is 6.06. The van der Waals surface area contributed by atoms with E-state index in [1.54, 1.807) is 11.8 Å². The van der Waals surface area contributed by atoms with Crippen LogP contribution in [0.1, 0.15) is 47.8 Å². The van der Waals surface area contributed by atoms with Crippen molar-refractivity contribution in [1.82, 2.24) is 9.88 Å². The molecule has 0 bridgehead atoms. The van der Waals surface area contributed by atoms with Crippen molar-refractivity contribution in [3.63, 3.8) is 0 Å². The fourth-order valence-corrected chi connectivity index (χ4v) is 3.99. The van der Waals surface area contributed by atoms with Gasteiger partial charge >= 0.3 is 0 Å². The smallest absolute Gasteiger partial charge is 0.256 e. The number of hydrogen-bond donors (Lipinski definition) is 3. The SMILES string of the molecule is C[C@@]1(O)CCN(C(=O)c2cccc3c4c([nH]c23)CCCC4)CC1O. The van der Waals surface area contributed by atoms with E-state index in [1.807, 2.05) is 12.1 Å². The number of likely N-dealkylation sites (tertiary alicyclic amines) is 1. The second kappa shape index (κ2) is 5.60. The zero-order valence-electron chi connectivity index (χ0n) is 14.0. The van der Waals surface area contributed by atoms with Gasteiger partial charge in [-0.25, -0.2) is 0 Å². The van der Waals surface area contributed by atoms with Gasteiger partial charge in [-0.2, -0.15) is 0 Å². The molecule has 1 amide bonds. The number of benzene rings is 1. The lowest BCUT2D eigenvalue weighted by Gasteiger charge is -2.39. The van der Waals surface area contributed by atoms with Crippen LogP contribution in [0.3, 0.4) is 0 Å². The van der Waals surface area contributed by atoms with Crippen molar-refractivity contribution in [3.8, 4) is 0 Å². The van der Waals surface area contributed by atoms with Crippen molar-refractivity contribution >= 4 is 16.8 Å². The lowest BCUT2D eigenvalue weighted by Crippen LogP contribution is -2.55. The summed E-state index contributed by atoms with van der Waals surface area (Å²) in [5, 5.41) is 21.4. The summed E-state index contributed by atoms with van der Waals surface area (Å²) in [6, 6.07) is 5.88. The Hall–Kier alpha value is -1.85. The fraction of sp³-hybridized carbons (Fsp3) is 0.526. The van der Waals surface area contributed by atoms with E-state index in [4.69, 9.17) is 0 Å². The van der Waals surface area contributed by atoms with Gasteiger partial charge in [0.2, 0.25) is 0 Å². The molecule has 0 saturated carbocycles. The number of hydrogen-bond acceptors (Lipinski definition) is 3. The molecule has 1 aromatic heterocycles. The van der Waals surface area contributed by atoms with Crippen LogP contribution >= 0.6 is 0 Å². The number of aromatic amines is 1. The number of aliphatic hydroxyl groups is 2. The normalized spacial score (nSPS) is 27.3. The Balaban J connectivity index is 1.69. The fourth-order valence-electron chi connectivity index (χ4n) is 3.99. The Labute approximate surface area is 141 Å². The number of nitrogens with zero attached hydrogens (tertiary/aromatic N) is 1. The molecule has 128 valence electrons. The lowest BCUT2D eigenvalue weighted by atomic mass is 9.90. The predicted octanol–water partition coefficient (Wildman–Crippen LogP) is 2.00. The molecule has 24 heavy (non-hydrogen) atoms. The third-order valence-corrected chi connectivity index (χ3v) is 5.65. The Bertz CT molecular complexity index is 793. The van der Waals surface area contributed by atoms with E-state index < -0.39 is 11.7 Å². The van der Waals surface area contributed by atoms with Crippen LogP contribution < -0.4 is 0 Å². The number of amides is 1. The number of piperidine rings is 1. The summed E-state index contributed by atoms with van der Waals surface area (Å²) >= 11 is 0. The first-order chi connectivity index (χ1) is 11.5. The summed E-state index contributed by atoms with van der Waals surface area (Å²) in [6.07, 6.45) is 3.98. The van der Waals surface area contributed by atoms with Gasteiger partial charge in [-0.1, -0.05) is 12.1 Å². The van der Waals surface area contributed by atoms with Crippen LogP contribution in [0.25, 0.3) is 10.9 Å². The minimum Gasteiger partial charge on any atom is -0.388 e. The number of aryl methyl sites for hydroxylation is 2. The highest BCUT2D eigenvalue weighted by Crippen LogP contribution is 2.32. The zero-order valence-corrected chi connectivity index (χ0v) is 14.0. The van der Waals surface area contributed by atoms with Crippen molar-refractivity contribution in [2.75, 3.05) is 13.1 Å². The van der Waals surface area contributed by atoms with Gasteiger partial charge in [-0.3, -0.25) is 4.79 Å². The van der Waals surface area contributed by atoms with E-state index in [2.05, 4.69) is 11.1 Å². The van der Waals surface area contributed by atoms with Gasteiger partial charge in [0.15, 0.2) is 0 Å². The molecule has 3 N–H and O–H groups in total. The van der Waals surface area contributed by atoms with Crippen molar-refractivity contribution in [2.45, 2.75) is 50.7 Å². The summed E-state index contributed by atoms with van der Waals surface area (Å²) in [7, 11) is 0. The second-order valence-corrected chi connectivity index (χ2v) is 7.39. The van der Waals surface area contributed by atoms with Gasteiger partial charge in [0, 0.05) is 24.2 Å². The molecule has 2 aromatic rings. The summed E-state index contributed by atoms with van der Waals surface area (Å²) in [5.41, 5.74) is 3.08. The van der Waals surface area contributed by atoms with Crippen LogP contribution in [0.2, 0.25) is 0 Å². The van der Waals surface area contributed by atoms with Crippen LogP contribution in [-0.4, -0.2) is 50.8 Å². The van der Waals surface area contributed by atoms with Crippen LogP contribution in [0, 0.1) is 0 Å². The maximum Gasteiger partial charge on any atom is 0.256 e. The zero-order chi connectivity index (χ0) is 16.9. The van der Waals surface area contributed by atoms with Crippen molar-refractivity contribution in [2.24, 2.45) is 0 Å². The molecule has 1 aliphatic heterocycles. The summed E-state index contributed by atoms with van der Waals surface area (Å²) in [4.78, 5) is 18.1. The molecule has 0 spiro atoms. The standard InChI is InChI=1S/C19H24N2O3/c1-19(24)9-10-21(11-16(19)22)18(23)14-7-4-6-13-12-5-2-3-8-15(12)20-17(13)14/h4,6-7,16,20,22,24H,2-3,5,8-11H2,1H3/t16?,19-/m1/s1. The molecule has 1 unspecified atom stereocenters. The average molecular weight is 328 g/mol. The van der Waals surface area contributed by atoms with Gasteiger partial charge in [0.25, 0.3) is 5.91 Å². The lowest BCUT2D eigenvalue weighted by molar-refractivity contribution is -0.0999. The number of rotatable bonds is 1. The van der Waals surface area contributed by atoms with E-state index in [-0.39, 0.29) is 12.5 Å². The third-order valence-electron chi connectivity index (χ3n) is 5.65. The van der Waals surface area contributed by atoms with Crippen molar-refractivity contribution < 1.29 is 15.0 Å². The molecule has 5 heteroatoms. The van der Waals surface area contributed by atoms with E-state index in [1.165, 1.54) is 24.1 Å². The van der Waals surface area contributed by atoms with Crippen LogP contribution in [0.5, 0.6) is 0 Å². The third kappa shape index (κ3) is 2.43. The molecule has 0 radical (unpaired) electrons. The predicted molar refractivity (Wildman–Crippen MR) is 92.1 cm³/mol. The number of para-hydroxylation sites is 1. The van der Waals surface area contributed by atoms with E-state index in [0.717, 1.165) is 23.7 Å². The molecule has 1 aliphatic carbocycles. The minimum atomic E-state index is -1.12. The number of H-pyrrole nitrogens is 1. The maximum absolute atomic E-state index is 13.0. The van der Waals surface area contributed by atoms with Crippen LogP contribution in [0.4, 0.5) is 0 Å². The number of aromatic nitrogens is 1. The molecule has 4 rings (SSSR count). The first-order valence-electron chi connectivity index (χ1n) is 8.79. The van der Waals surface area contributed by atoms with E-state index in [0.29, 0.717) is 18.5 Å². The van der Waals surface area contributed by atoms with Gasteiger partial charge in [-0.05, 0) is 50.7 Å². The Morgan fingerprint density at radius 3 is 2.92 bits per heavy atom. The molecular formula is C19H24N2O3. The molecule has 1 fully saturated rings. The number of fused-ring (bicyclic) bond motifs is 3. The molecule has 5 nitrogen and oxygen atoms in total. The first-order valence-corrected chi connectivity index (χ1v) is 8.79. The van der Waals surface area contributed by atoms with Gasteiger partial charge in [0.05, 0.1) is 22.8 Å². The quantitative estimate of drug-likeness (QED) is 0.749.